The van der Waals surface area contributed by atoms with Gasteiger partial charge in [-0.05, 0) is 44.9 Å². The fourth-order valence-electron chi connectivity index (χ4n) is 4.40. The molecule has 3 rings (SSSR count). The molecule has 154 valence electrons. The summed E-state index contributed by atoms with van der Waals surface area (Å²) in [6.45, 7) is 6.84. The van der Waals surface area contributed by atoms with Gasteiger partial charge in [0.2, 0.25) is 0 Å². The van der Waals surface area contributed by atoms with Gasteiger partial charge in [0.1, 0.15) is 0 Å². The van der Waals surface area contributed by atoms with Crippen molar-refractivity contribution in [3.05, 3.63) is 35.9 Å². The molecule has 1 saturated heterocycles. The first-order chi connectivity index (χ1) is 13.2. The fourth-order valence-corrected chi connectivity index (χ4v) is 6.89. The van der Waals surface area contributed by atoms with E-state index in [0.29, 0.717) is 19.4 Å². The van der Waals surface area contributed by atoms with E-state index in [2.05, 4.69) is 10.6 Å². The number of anilines is 1. The number of carbonyl (C=O) groups is 1. The van der Waals surface area contributed by atoms with Crippen LogP contribution in [0.25, 0.3) is 5.57 Å². The molecule has 1 aromatic rings. The van der Waals surface area contributed by atoms with Crippen LogP contribution in [0.1, 0.15) is 39.2 Å². The van der Waals surface area contributed by atoms with Crippen molar-refractivity contribution in [3.63, 3.8) is 0 Å². The molecule has 2 aliphatic heterocycles. The van der Waals surface area contributed by atoms with Crippen molar-refractivity contribution in [1.29, 1.82) is 0 Å². The highest BCUT2D eigenvalue weighted by molar-refractivity contribution is 7.93. The lowest BCUT2D eigenvalue weighted by molar-refractivity contribution is -0.146. The lowest BCUT2D eigenvalue weighted by Gasteiger charge is -2.37. The highest BCUT2D eigenvalue weighted by Crippen LogP contribution is 2.40. The molecule has 28 heavy (non-hydrogen) atoms. The number of rotatable bonds is 5. The summed E-state index contributed by atoms with van der Waals surface area (Å²) < 4.78 is 32.4. The molecule has 0 aliphatic carbocycles. The minimum absolute atomic E-state index is 0.273. The largest absolute Gasteiger partial charge is 0.469 e. The Balaban J connectivity index is 2.06. The second-order valence-electron chi connectivity index (χ2n) is 8.14. The van der Waals surface area contributed by atoms with Crippen LogP contribution in [0.15, 0.2) is 30.3 Å². The van der Waals surface area contributed by atoms with Crippen LogP contribution in [0.4, 0.5) is 5.69 Å². The van der Waals surface area contributed by atoms with Gasteiger partial charge in [-0.3, -0.25) is 4.79 Å². The van der Waals surface area contributed by atoms with Crippen LogP contribution in [0, 0.1) is 5.92 Å². The third kappa shape index (κ3) is 3.82. The molecule has 2 heterocycles. The number of fused-ring (bicyclic) bond motifs is 1. The molecule has 1 aromatic carbocycles. The molecule has 3 atom stereocenters. The van der Waals surface area contributed by atoms with Crippen LogP contribution >= 0.6 is 0 Å². The summed E-state index contributed by atoms with van der Waals surface area (Å²) in [5.74, 6) is -1.07. The zero-order valence-electron chi connectivity index (χ0n) is 17.0. The molecule has 0 bridgehead atoms. The van der Waals surface area contributed by atoms with E-state index in [1.54, 1.807) is 0 Å². The van der Waals surface area contributed by atoms with E-state index in [1.807, 2.05) is 51.1 Å². The Hall–Kier alpha value is -1.86. The van der Waals surface area contributed by atoms with Gasteiger partial charge in [-0.1, -0.05) is 31.2 Å². The molecule has 0 amide bonds. The molecule has 6 nitrogen and oxygen atoms in total. The summed E-state index contributed by atoms with van der Waals surface area (Å²) in [7, 11) is -2.31. The van der Waals surface area contributed by atoms with Gasteiger partial charge >= 0.3 is 5.97 Å². The molecular formula is C21H30N2O4S. The quantitative estimate of drug-likeness (QED) is 0.732. The molecule has 3 unspecified atom stereocenters. The summed E-state index contributed by atoms with van der Waals surface area (Å²) in [6.07, 6.45) is 2.93. The summed E-state index contributed by atoms with van der Waals surface area (Å²) in [6, 6.07) is 7.80. The molecule has 2 aliphatic rings. The van der Waals surface area contributed by atoms with E-state index >= 15 is 0 Å². The molecule has 0 spiro atoms. The smallest absolute Gasteiger partial charge is 0.310 e. The molecule has 0 saturated carbocycles. The number of sulfone groups is 1. The lowest BCUT2D eigenvalue weighted by Crippen LogP contribution is -2.51. The third-order valence-electron chi connectivity index (χ3n) is 5.68. The van der Waals surface area contributed by atoms with E-state index in [0.717, 1.165) is 16.8 Å². The fraction of sp³-hybridized carbons (Fsp3) is 0.571. The average Bonchev–Trinajstić information content (AvgIpc) is 2.66. The normalized spacial score (nSPS) is 25.1. The molecule has 0 aromatic heterocycles. The van der Waals surface area contributed by atoms with E-state index in [1.165, 1.54) is 7.11 Å². The summed E-state index contributed by atoms with van der Waals surface area (Å²) in [4.78, 5) is 12.3. The van der Waals surface area contributed by atoms with E-state index in [-0.39, 0.29) is 12.1 Å². The number of piperidine rings is 1. The summed E-state index contributed by atoms with van der Waals surface area (Å²) in [5.41, 5.74) is 2.30. The van der Waals surface area contributed by atoms with Crippen LogP contribution in [0.2, 0.25) is 0 Å². The minimum Gasteiger partial charge on any atom is -0.469 e. The predicted molar refractivity (Wildman–Crippen MR) is 112 cm³/mol. The number of ether oxygens (including phenoxy) is 1. The minimum atomic E-state index is -3.63. The first-order valence-electron chi connectivity index (χ1n) is 9.83. The standard InChI is InChI=1S/C21H30N2O4S/c1-5-18(16-12-21(2,3)23-17-9-7-6-8-14(16)17)28(25,26)19-13-22-11-10-15(19)20(24)27-4/h6-9,12,15,18-19,22-23H,5,10-11,13H2,1-4H3. The van der Waals surface area contributed by atoms with Crippen LogP contribution in [0.3, 0.4) is 0 Å². The van der Waals surface area contributed by atoms with E-state index in [9.17, 15) is 13.2 Å². The number of para-hydroxylation sites is 1. The Morgan fingerprint density at radius 1 is 1.32 bits per heavy atom. The van der Waals surface area contributed by atoms with Crippen LogP contribution in [-0.2, 0) is 19.4 Å². The monoisotopic (exact) mass is 406 g/mol. The van der Waals surface area contributed by atoms with Crippen molar-refractivity contribution in [1.82, 2.24) is 5.32 Å². The number of methoxy groups -OCH3 is 1. The molecule has 2 N–H and O–H groups in total. The van der Waals surface area contributed by atoms with Gasteiger partial charge in [0.05, 0.1) is 29.1 Å². The maximum atomic E-state index is 13.8. The first-order valence-corrected chi connectivity index (χ1v) is 11.4. The maximum Gasteiger partial charge on any atom is 0.310 e. The second kappa shape index (κ2) is 7.87. The van der Waals surface area contributed by atoms with Crippen molar-refractivity contribution in [2.75, 3.05) is 25.5 Å². The Morgan fingerprint density at radius 2 is 2.04 bits per heavy atom. The number of nitrogens with one attached hydrogen (secondary N) is 2. The number of hydrogen-bond acceptors (Lipinski definition) is 6. The SMILES string of the molecule is CCC(C1=CC(C)(C)Nc2ccccc21)S(=O)(=O)C1CNCCC1C(=O)OC. The van der Waals surface area contributed by atoms with E-state index in [4.69, 9.17) is 4.74 Å². The van der Waals surface area contributed by atoms with Crippen LogP contribution in [-0.4, -0.2) is 50.6 Å². The van der Waals surface area contributed by atoms with Gasteiger partial charge in [-0.15, -0.1) is 0 Å². The molecule has 1 fully saturated rings. The Labute approximate surface area is 167 Å². The van der Waals surface area contributed by atoms with Crippen molar-refractivity contribution in [2.24, 2.45) is 5.92 Å². The van der Waals surface area contributed by atoms with Gasteiger partial charge in [-0.2, -0.15) is 0 Å². The number of esters is 1. The van der Waals surface area contributed by atoms with Crippen molar-refractivity contribution >= 4 is 27.1 Å². The Kier molecular flexibility index (Phi) is 5.87. The van der Waals surface area contributed by atoms with E-state index < -0.39 is 32.2 Å². The average molecular weight is 407 g/mol. The van der Waals surface area contributed by atoms with Gasteiger partial charge in [0.15, 0.2) is 9.84 Å². The van der Waals surface area contributed by atoms with Gasteiger partial charge < -0.3 is 15.4 Å². The number of hydrogen-bond donors (Lipinski definition) is 2. The lowest BCUT2D eigenvalue weighted by atomic mass is 9.88. The second-order valence-corrected chi connectivity index (χ2v) is 10.5. The Morgan fingerprint density at radius 3 is 2.71 bits per heavy atom. The topological polar surface area (TPSA) is 84.5 Å². The van der Waals surface area contributed by atoms with Crippen molar-refractivity contribution in [2.45, 2.75) is 49.7 Å². The molecule has 7 heteroatoms. The maximum absolute atomic E-state index is 13.8. The highest BCUT2D eigenvalue weighted by atomic mass is 32.2. The summed E-state index contributed by atoms with van der Waals surface area (Å²) in [5, 5.41) is 5.14. The highest BCUT2D eigenvalue weighted by Gasteiger charge is 2.45. The van der Waals surface area contributed by atoms with Crippen molar-refractivity contribution in [3.8, 4) is 0 Å². The molecular weight excluding hydrogens is 376 g/mol. The van der Waals surface area contributed by atoms with Crippen molar-refractivity contribution < 1.29 is 17.9 Å². The zero-order chi connectivity index (χ0) is 20.5. The Bertz CT molecular complexity index is 876. The predicted octanol–water partition coefficient (Wildman–Crippen LogP) is 2.62. The van der Waals surface area contributed by atoms with Gasteiger partial charge in [0, 0.05) is 17.8 Å². The zero-order valence-corrected chi connectivity index (χ0v) is 17.8. The first kappa shape index (κ1) is 20.9. The van der Waals surface area contributed by atoms with Crippen LogP contribution < -0.4 is 10.6 Å². The number of carbonyl (C=O) groups excluding carboxylic acids is 1. The number of benzene rings is 1. The van der Waals surface area contributed by atoms with Gasteiger partial charge in [-0.25, -0.2) is 8.42 Å². The van der Waals surface area contributed by atoms with Crippen LogP contribution in [0.5, 0.6) is 0 Å². The van der Waals surface area contributed by atoms with Gasteiger partial charge in [0.25, 0.3) is 0 Å². The third-order valence-corrected chi connectivity index (χ3v) is 8.40. The summed E-state index contributed by atoms with van der Waals surface area (Å²) >= 11 is 0. The molecule has 0 radical (unpaired) electrons.